The Labute approximate surface area is 171 Å². The van der Waals surface area contributed by atoms with E-state index in [1.165, 1.54) is 0 Å². The van der Waals surface area contributed by atoms with Gasteiger partial charge in [-0.2, -0.15) is 0 Å². The molecule has 0 aliphatic carbocycles. The minimum Gasteiger partial charge on any atom is -0.497 e. The number of amides is 3. The zero-order valence-electron chi connectivity index (χ0n) is 15.6. The van der Waals surface area contributed by atoms with E-state index in [-0.39, 0.29) is 11.9 Å². The highest BCUT2D eigenvalue weighted by Crippen LogP contribution is 2.35. The Bertz CT molecular complexity index is 941. The number of nitrogens with one attached hydrogen (secondary N) is 3. The predicted octanol–water partition coefficient (Wildman–Crippen LogP) is 3.73. The van der Waals surface area contributed by atoms with E-state index in [4.69, 9.17) is 9.47 Å². The maximum absolute atomic E-state index is 13.1. The summed E-state index contributed by atoms with van der Waals surface area (Å²) in [6.07, 6.45) is 0. The van der Waals surface area contributed by atoms with Gasteiger partial charge in [-0.1, -0.05) is 15.9 Å². The Hall–Kier alpha value is -3.00. The van der Waals surface area contributed by atoms with Crippen LogP contribution in [0.15, 0.2) is 58.2 Å². The van der Waals surface area contributed by atoms with Crippen LogP contribution in [0.3, 0.4) is 0 Å². The van der Waals surface area contributed by atoms with Crippen LogP contribution < -0.4 is 25.4 Å². The molecule has 7 nitrogen and oxygen atoms in total. The van der Waals surface area contributed by atoms with Crippen molar-refractivity contribution in [3.8, 4) is 11.5 Å². The van der Waals surface area contributed by atoms with E-state index in [0.717, 1.165) is 4.47 Å². The van der Waals surface area contributed by atoms with Crippen LogP contribution in [0.4, 0.5) is 10.5 Å². The number of carbonyl (C=O) groups is 2. The minimum absolute atomic E-state index is 0.331. The molecular formula is C20H20BrN3O4. The molecule has 1 unspecified atom stereocenters. The lowest BCUT2D eigenvalue weighted by molar-refractivity contribution is -0.113. The molecule has 0 fully saturated rings. The number of anilines is 1. The van der Waals surface area contributed by atoms with Crippen LogP contribution in [0.5, 0.6) is 11.5 Å². The van der Waals surface area contributed by atoms with Gasteiger partial charge in [0.05, 0.1) is 25.8 Å². The standard InChI is InChI=1S/C20H20BrN3O4/c1-11-17(19(25)23-13-5-7-14(27-2)8-6-13)18(24-20(26)22-11)15-10-12(21)4-9-16(15)28-3/h4-10,18H,1-3H3,(H,23,25)(H2,22,24,26). The molecular weight excluding hydrogens is 426 g/mol. The van der Waals surface area contributed by atoms with Crippen molar-refractivity contribution < 1.29 is 19.1 Å². The Balaban J connectivity index is 1.97. The fraction of sp³-hybridized carbons (Fsp3) is 0.200. The number of urea groups is 1. The molecule has 0 radical (unpaired) electrons. The molecule has 0 saturated heterocycles. The minimum atomic E-state index is -0.667. The average Bonchev–Trinajstić information content (AvgIpc) is 2.67. The van der Waals surface area contributed by atoms with Crippen molar-refractivity contribution in [2.45, 2.75) is 13.0 Å². The lowest BCUT2D eigenvalue weighted by Gasteiger charge is -2.29. The summed E-state index contributed by atoms with van der Waals surface area (Å²) in [4.78, 5) is 25.1. The zero-order valence-corrected chi connectivity index (χ0v) is 17.2. The molecule has 0 spiro atoms. The number of carbonyl (C=O) groups excluding carboxylic acids is 2. The lowest BCUT2D eigenvalue weighted by Crippen LogP contribution is -2.46. The third-order valence-corrected chi connectivity index (χ3v) is 4.86. The van der Waals surface area contributed by atoms with E-state index in [2.05, 4.69) is 31.9 Å². The quantitative estimate of drug-likeness (QED) is 0.653. The number of benzene rings is 2. The van der Waals surface area contributed by atoms with Gasteiger partial charge < -0.3 is 25.4 Å². The number of hydrogen-bond acceptors (Lipinski definition) is 4. The smallest absolute Gasteiger partial charge is 0.319 e. The number of ether oxygens (including phenoxy) is 2. The SMILES string of the molecule is COc1ccc(NC(=O)C2=C(C)NC(=O)NC2c2cc(Br)ccc2OC)cc1. The van der Waals surface area contributed by atoms with E-state index in [1.54, 1.807) is 51.5 Å². The Morgan fingerprint density at radius 3 is 2.46 bits per heavy atom. The Morgan fingerprint density at radius 2 is 1.82 bits per heavy atom. The topological polar surface area (TPSA) is 88.7 Å². The second kappa shape index (κ2) is 8.35. The van der Waals surface area contributed by atoms with Gasteiger partial charge in [-0.3, -0.25) is 4.79 Å². The van der Waals surface area contributed by atoms with Gasteiger partial charge in [-0.25, -0.2) is 4.79 Å². The maximum atomic E-state index is 13.1. The molecule has 3 N–H and O–H groups in total. The summed E-state index contributed by atoms with van der Waals surface area (Å²) in [5.74, 6) is 0.928. The van der Waals surface area contributed by atoms with Crippen LogP contribution in [0, 0.1) is 0 Å². The van der Waals surface area contributed by atoms with Gasteiger partial charge in [0.2, 0.25) is 0 Å². The molecule has 146 valence electrons. The van der Waals surface area contributed by atoms with Crippen molar-refractivity contribution in [2.75, 3.05) is 19.5 Å². The van der Waals surface area contributed by atoms with E-state index in [9.17, 15) is 9.59 Å². The first-order chi connectivity index (χ1) is 13.4. The summed E-state index contributed by atoms with van der Waals surface area (Å²) >= 11 is 3.43. The van der Waals surface area contributed by atoms with Gasteiger partial charge in [0.1, 0.15) is 11.5 Å². The number of allylic oxidation sites excluding steroid dienone is 1. The molecule has 1 atom stereocenters. The van der Waals surface area contributed by atoms with Crippen molar-refractivity contribution in [1.82, 2.24) is 10.6 Å². The highest BCUT2D eigenvalue weighted by Gasteiger charge is 2.33. The highest BCUT2D eigenvalue weighted by molar-refractivity contribution is 9.10. The molecule has 3 amide bonds. The fourth-order valence-corrected chi connectivity index (χ4v) is 3.41. The molecule has 0 aromatic heterocycles. The second-order valence-corrected chi connectivity index (χ2v) is 7.05. The summed E-state index contributed by atoms with van der Waals surface area (Å²) in [7, 11) is 3.12. The maximum Gasteiger partial charge on any atom is 0.319 e. The molecule has 28 heavy (non-hydrogen) atoms. The molecule has 0 bridgehead atoms. The third kappa shape index (κ3) is 4.12. The van der Waals surface area contributed by atoms with Gasteiger partial charge in [-0.05, 0) is 49.4 Å². The average molecular weight is 446 g/mol. The van der Waals surface area contributed by atoms with E-state index < -0.39 is 6.04 Å². The van der Waals surface area contributed by atoms with Crippen molar-refractivity contribution in [3.63, 3.8) is 0 Å². The number of hydrogen-bond donors (Lipinski definition) is 3. The molecule has 1 heterocycles. The Morgan fingerprint density at radius 1 is 1.11 bits per heavy atom. The zero-order chi connectivity index (χ0) is 20.3. The Kier molecular flexibility index (Phi) is 5.89. The normalized spacial score (nSPS) is 16.1. The van der Waals surface area contributed by atoms with Crippen molar-refractivity contribution in [3.05, 3.63) is 63.8 Å². The molecule has 8 heteroatoms. The lowest BCUT2D eigenvalue weighted by atomic mass is 9.94. The van der Waals surface area contributed by atoms with Gasteiger partial charge >= 0.3 is 6.03 Å². The molecule has 2 aromatic rings. The van der Waals surface area contributed by atoms with Crippen molar-refractivity contribution in [2.24, 2.45) is 0 Å². The largest absolute Gasteiger partial charge is 0.497 e. The molecule has 1 aliphatic rings. The predicted molar refractivity (Wildman–Crippen MR) is 109 cm³/mol. The summed E-state index contributed by atoms with van der Waals surface area (Å²) < 4.78 is 11.4. The monoisotopic (exact) mass is 445 g/mol. The summed E-state index contributed by atoms with van der Waals surface area (Å²) in [5.41, 5.74) is 2.16. The summed E-state index contributed by atoms with van der Waals surface area (Å²) in [6.45, 7) is 1.69. The first kappa shape index (κ1) is 19.8. The number of rotatable bonds is 5. The number of halogens is 1. The third-order valence-electron chi connectivity index (χ3n) is 4.36. The van der Waals surface area contributed by atoms with Crippen LogP contribution in [0.25, 0.3) is 0 Å². The van der Waals surface area contributed by atoms with E-state index >= 15 is 0 Å². The summed E-state index contributed by atoms with van der Waals surface area (Å²) in [5, 5.41) is 8.34. The van der Waals surface area contributed by atoms with E-state index in [1.807, 2.05) is 12.1 Å². The van der Waals surface area contributed by atoms with Gasteiger partial charge in [-0.15, -0.1) is 0 Å². The molecule has 1 aliphatic heterocycles. The summed E-state index contributed by atoms with van der Waals surface area (Å²) in [6, 6.07) is 11.4. The molecule has 3 rings (SSSR count). The first-order valence-electron chi connectivity index (χ1n) is 8.50. The van der Waals surface area contributed by atoms with Crippen molar-refractivity contribution in [1.29, 1.82) is 0 Å². The van der Waals surface area contributed by atoms with Crippen LogP contribution in [-0.2, 0) is 4.79 Å². The van der Waals surface area contributed by atoms with Crippen LogP contribution in [-0.4, -0.2) is 26.2 Å². The van der Waals surface area contributed by atoms with Crippen molar-refractivity contribution >= 4 is 33.6 Å². The molecule has 2 aromatic carbocycles. The van der Waals surface area contributed by atoms with Gasteiger partial charge in [0.15, 0.2) is 0 Å². The second-order valence-electron chi connectivity index (χ2n) is 6.14. The van der Waals surface area contributed by atoms with Gasteiger partial charge in [0.25, 0.3) is 5.91 Å². The number of methoxy groups -OCH3 is 2. The molecule has 0 saturated carbocycles. The van der Waals surface area contributed by atoms with Gasteiger partial charge in [0, 0.05) is 21.4 Å². The van der Waals surface area contributed by atoms with Crippen LogP contribution in [0.1, 0.15) is 18.5 Å². The fourth-order valence-electron chi connectivity index (χ4n) is 3.03. The van der Waals surface area contributed by atoms with Crippen LogP contribution >= 0.6 is 15.9 Å². The highest BCUT2D eigenvalue weighted by atomic mass is 79.9. The van der Waals surface area contributed by atoms with Crippen LogP contribution in [0.2, 0.25) is 0 Å². The van der Waals surface area contributed by atoms with E-state index in [0.29, 0.717) is 34.0 Å². The first-order valence-corrected chi connectivity index (χ1v) is 9.29.